The molecular weight excluding hydrogens is 398 g/mol. The van der Waals surface area contributed by atoms with Crippen LogP contribution in [0.4, 0.5) is 5.69 Å². The van der Waals surface area contributed by atoms with Crippen LogP contribution in [0.25, 0.3) is 0 Å². The van der Waals surface area contributed by atoms with E-state index in [4.69, 9.17) is 11.6 Å². The minimum atomic E-state index is -0.573. The van der Waals surface area contributed by atoms with Crippen LogP contribution in [0.15, 0.2) is 54.6 Å². The first-order valence-electron chi connectivity index (χ1n) is 10.6. The summed E-state index contributed by atoms with van der Waals surface area (Å²) in [6.07, 6.45) is 3.64. The van der Waals surface area contributed by atoms with Crippen molar-refractivity contribution >= 4 is 29.1 Å². The average molecular weight is 426 g/mol. The minimum absolute atomic E-state index is 0.0595. The van der Waals surface area contributed by atoms with E-state index >= 15 is 0 Å². The third kappa shape index (κ3) is 4.17. The molecule has 30 heavy (non-hydrogen) atoms. The molecule has 0 atom stereocenters. The van der Waals surface area contributed by atoms with E-state index in [1.165, 1.54) is 0 Å². The van der Waals surface area contributed by atoms with Crippen LogP contribution in [0.3, 0.4) is 0 Å². The van der Waals surface area contributed by atoms with E-state index in [0.717, 1.165) is 36.9 Å². The Labute approximate surface area is 183 Å². The van der Waals surface area contributed by atoms with Crippen LogP contribution in [-0.4, -0.2) is 35.5 Å². The van der Waals surface area contributed by atoms with Crippen molar-refractivity contribution in [1.29, 1.82) is 0 Å². The molecule has 158 valence electrons. The Hall–Kier alpha value is -2.53. The van der Waals surface area contributed by atoms with Crippen molar-refractivity contribution < 1.29 is 9.59 Å². The molecule has 0 unspecified atom stereocenters. The molecule has 4 rings (SSSR count). The molecule has 1 N–H and O–H groups in total. The molecule has 6 heteroatoms. The highest BCUT2D eigenvalue weighted by Gasteiger charge is 2.53. The van der Waals surface area contributed by atoms with E-state index in [1.807, 2.05) is 54.6 Å². The fraction of sp³-hybridized carbons (Fsp3) is 0.417. The molecule has 1 heterocycles. The van der Waals surface area contributed by atoms with Crippen molar-refractivity contribution in [3.8, 4) is 0 Å². The topological polar surface area (TPSA) is 52.7 Å². The van der Waals surface area contributed by atoms with Crippen molar-refractivity contribution in [2.75, 3.05) is 18.1 Å². The number of anilines is 1. The Balaban J connectivity index is 1.50. The van der Waals surface area contributed by atoms with Gasteiger partial charge in [-0.25, -0.2) is 0 Å². The first-order valence-corrected chi connectivity index (χ1v) is 11.0. The summed E-state index contributed by atoms with van der Waals surface area (Å²) in [5.74, 6) is 0.538. The molecule has 2 amide bonds. The monoisotopic (exact) mass is 425 g/mol. The quantitative estimate of drug-likeness (QED) is 0.780. The number of amides is 2. The summed E-state index contributed by atoms with van der Waals surface area (Å²) in [6.45, 7) is 3.18. The van der Waals surface area contributed by atoms with Gasteiger partial charge in [0, 0.05) is 17.3 Å². The molecule has 2 aliphatic rings. The Morgan fingerprint density at radius 3 is 2.57 bits per heavy atom. The lowest BCUT2D eigenvalue weighted by molar-refractivity contribution is -0.137. The number of hydrogen-bond donors (Lipinski definition) is 1. The Kier molecular flexibility index (Phi) is 6.00. The van der Waals surface area contributed by atoms with Gasteiger partial charge in [-0.1, -0.05) is 54.9 Å². The smallest absolute Gasteiger partial charge is 0.250 e. The van der Waals surface area contributed by atoms with Crippen molar-refractivity contribution in [2.45, 2.75) is 44.7 Å². The fourth-order valence-corrected chi connectivity index (χ4v) is 4.81. The predicted octanol–water partition coefficient (Wildman–Crippen LogP) is 4.21. The van der Waals surface area contributed by atoms with Crippen LogP contribution in [0.2, 0.25) is 5.02 Å². The third-order valence-corrected chi connectivity index (χ3v) is 6.64. The molecule has 1 aliphatic heterocycles. The second kappa shape index (κ2) is 8.68. The van der Waals surface area contributed by atoms with Crippen LogP contribution < -0.4 is 10.2 Å². The standard InChI is InChI=1S/C24H28ClN3O2/c1-18-10-12-24(13-11-18)23(30)27(17-28(24)21-9-5-8-20(25)14-21)16-22(29)26-15-19-6-3-2-4-7-19/h2-9,14,18H,10-13,15-17H2,1H3,(H,26,29). The minimum Gasteiger partial charge on any atom is -0.350 e. The zero-order valence-corrected chi connectivity index (χ0v) is 18.1. The number of carbonyl (C=O) groups is 2. The molecule has 1 aliphatic carbocycles. The van der Waals surface area contributed by atoms with Crippen LogP contribution in [-0.2, 0) is 16.1 Å². The number of carbonyl (C=O) groups excluding carboxylic acids is 2. The Bertz CT molecular complexity index is 910. The van der Waals surface area contributed by atoms with E-state index < -0.39 is 5.54 Å². The molecule has 2 fully saturated rings. The van der Waals surface area contributed by atoms with Crippen LogP contribution in [0, 0.1) is 5.92 Å². The lowest BCUT2D eigenvalue weighted by atomic mass is 9.76. The summed E-state index contributed by atoms with van der Waals surface area (Å²) in [5, 5.41) is 3.59. The zero-order valence-electron chi connectivity index (χ0n) is 17.3. The molecule has 0 bridgehead atoms. The fourth-order valence-electron chi connectivity index (χ4n) is 4.62. The maximum absolute atomic E-state index is 13.5. The van der Waals surface area contributed by atoms with Gasteiger partial charge >= 0.3 is 0 Å². The maximum atomic E-state index is 13.5. The predicted molar refractivity (Wildman–Crippen MR) is 119 cm³/mol. The molecular formula is C24H28ClN3O2. The normalized spacial score (nSPS) is 23.8. The van der Waals surface area contributed by atoms with Crippen LogP contribution >= 0.6 is 11.6 Å². The molecule has 1 saturated carbocycles. The lowest BCUT2D eigenvalue weighted by Crippen LogP contribution is -2.52. The van der Waals surface area contributed by atoms with Gasteiger partial charge in [-0.3, -0.25) is 9.59 Å². The number of halogens is 1. The van der Waals surface area contributed by atoms with E-state index in [2.05, 4.69) is 17.1 Å². The largest absolute Gasteiger partial charge is 0.350 e. The van der Waals surface area contributed by atoms with E-state index in [0.29, 0.717) is 24.2 Å². The molecule has 2 aromatic rings. The van der Waals surface area contributed by atoms with Gasteiger partial charge < -0.3 is 15.1 Å². The van der Waals surface area contributed by atoms with Gasteiger partial charge in [-0.15, -0.1) is 0 Å². The van der Waals surface area contributed by atoms with Gasteiger partial charge in [0.2, 0.25) is 11.8 Å². The van der Waals surface area contributed by atoms with E-state index in [9.17, 15) is 9.59 Å². The highest BCUT2D eigenvalue weighted by Crippen LogP contribution is 2.44. The van der Waals surface area contributed by atoms with Gasteiger partial charge in [0.05, 0.1) is 6.67 Å². The second-order valence-electron chi connectivity index (χ2n) is 8.53. The summed E-state index contributed by atoms with van der Waals surface area (Å²) < 4.78 is 0. The second-order valence-corrected chi connectivity index (χ2v) is 8.97. The first-order chi connectivity index (χ1) is 14.5. The third-order valence-electron chi connectivity index (χ3n) is 6.40. The van der Waals surface area contributed by atoms with Gasteiger partial charge in [0.1, 0.15) is 12.1 Å². The van der Waals surface area contributed by atoms with Crippen molar-refractivity contribution in [1.82, 2.24) is 10.2 Å². The highest BCUT2D eigenvalue weighted by atomic mass is 35.5. The lowest BCUT2D eigenvalue weighted by Gasteiger charge is -2.41. The summed E-state index contributed by atoms with van der Waals surface area (Å²) in [5.41, 5.74) is 1.41. The number of nitrogens with one attached hydrogen (secondary N) is 1. The van der Waals surface area contributed by atoms with Crippen molar-refractivity contribution in [2.24, 2.45) is 5.92 Å². The maximum Gasteiger partial charge on any atom is 0.250 e. The molecule has 1 spiro atoms. The van der Waals surface area contributed by atoms with Gasteiger partial charge in [0.15, 0.2) is 0 Å². The number of rotatable bonds is 5. The summed E-state index contributed by atoms with van der Waals surface area (Å²) in [6, 6.07) is 17.4. The van der Waals surface area contributed by atoms with Gasteiger partial charge in [-0.05, 0) is 55.4 Å². The number of hydrogen-bond acceptors (Lipinski definition) is 3. The number of benzene rings is 2. The van der Waals surface area contributed by atoms with Gasteiger partial charge in [-0.2, -0.15) is 0 Å². The molecule has 0 radical (unpaired) electrons. The Morgan fingerprint density at radius 2 is 1.87 bits per heavy atom. The molecule has 1 saturated heterocycles. The summed E-state index contributed by atoms with van der Waals surface area (Å²) >= 11 is 6.24. The molecule has 0 aromatic heterocycles. The summed E-state index contributed by atoms with van der Waals surface area (Å²) in [7, 11) is 0. The van der Waals surface area contributed by atoms with Crippen molar-refractivity contribution in [3.63, 3.8) is 0 Å². The van der Waals surface area contributed by atoms with Gasteiger partial charge in [0.25, 0.3) is 0 Å². The SMILES string of the molecule is CC1CCC2(CC1)C(=O)N(CC(=O)NCc1ccccc1)CN2c1cccc(Cl)c1. The molecule has 5 nitrogen and oxygen atoms in total. The van der Waals surface area contributed by atoms with Crippen molar-refractivity contribution in [3.05, 3.63) is 65.2 Å². The van der Waals surface area contributed by atoms with Crippen LogP contribution in [0.5, 0.6) is 0 Å². The Morgan fingerprint density at radius 1 is 1.13 bits per heavy atom. The number of nitrogens with zero attached hydrogens (tertiary/aromatic N) is 2. The molecule has 2 aromatic carbocycles. The highest BCUT2D eigenvalue weighted by molar-refractivity contribution is 6.30. The van der Waals surface area contributed by atoms with E-state index in [1.54, 1.807) is 4.90 Å². The van der Waals surface area contributed by atoms with E-state index in [-0.39, 0.29) is 18.4 Å². The first kappa shape index (κ1) is 20.7. The average Bonchev–Trinajstić information content (AvgIpc) is 3.01. The zero-order chi connectivity index (χ0) is 21.1. The summed E-state index contributed by atoms with van der Waals surface area (Å²) in [4.78, 5) is 30.0. The van der Waals surface area contributed by atoms with Crippen LogP contribution in [0.1, 0.15) is 38.2 Å².